The highest BCUT2D eigenvalue weighted by molar-refractivity contribution is 7.99. The van der Waals surface area contributed by atoms with Gasteiger partial charge in [-0.25, -0.2) is 4.98 Å². The summed E-state index contributed by atoms with van der Waals surface area (Å²) in [6.07, 6.45) is 0. The Morgan fingerprint density at radius 1 is 1.22 bits per heavy atom. The summed E-state index contributed by atoms with van der Waals surface area (Å²) in [5.41, 5.74) is 3.81. The number of carbonyl (C=O) groups excluding carboxylic acids is 1. The van der Waals surface area contributed by atoms with Gasteiger partial charge >= 0.3 is 0 Å². The number of amides is 1. The first-order chi connectivity index (χ1) is 11.0. The monoisotopic (exact) mass is 362 g/mol. The average molecular weight is 363 g/mol. The zero-order valence-corrected chi connectivity index (χ0v) is 15.1. The Labute approximate surface area is 148 Å². The fraction of sp³-hybridized carbons (Fsp3) is 0.176. The highest BCUT2D eigenvalue weighted by atomic mass is 35.5. The van der Waals surface area contributed by atoms with Crippen molar-refractivity contribution < 1.29 is 4.79 Å². The van der Waals surface area contributed by atoms with Crippen LogP contribution in [0.5, 0.6) is 0 Å². The first-order valence-electron chi connectivity index (χ1n) is 7.14. The van der Waals surface area contributed by atoms with Crippen LogP contribution >= 0.6 is 34.7 Å². The van der Waals surface area contributed by atoms with Crippen molar-refractivity contribution in [2.45, 2.75) is 24.0 Å². The van der Waals surface area contributed by atoms with Gasteiger partial charge in [0.2, 0.25) is 0 Å². The number of carbonyl (C=O) groups is 1. The van der Waals surface area contributed by atoms with Crippen molar-refractivity contribution in [2.75, 3.05) is 5.32 Å². The predicted octanol–water partition coefficient (Wildman–Crippen LogP) is 5.70. The molecule has 0 atom stereocenters. The number of nitrogens with zero attached hydrogens (tertiary/aromatic N) is 1. The number of halogens is 1. The van der Waals surface area contributed by atoms with Crippen molar-refractivity contribution in [2.24, 2.45) is 0 Å². The number of aromatic nitrogens is 1. The second kappa shape index (κ2) is 6.91. The second-order valence-electron chi connectivity index (χ2n) is 5.27. The van der Waals surface area contributed by atoms with E-state index in [4.69, 9.17) is 11.6 Å². The number of rotatable bonds is 4. The van der Waals surface area contributed by atoms with E-state index in [-0.39, 0.29) is 5.91 Å². The summed E-state index contributed by atoms with van der Waals surface area (Å²) < 4.78 is 0.887. The topological polar surface area (TPSA) is 42.0 Å². The smallest absolute Gasteiger partial charge is 0.255 e. The van der Waals surface area contributed by atoms with Crippen LogP contribution in [0.3, 0.4) is 0 Å². The van der Waals surface area contributed by atoms with Crippen LogP contribution in [-0.4, -0.2) is 16.1 Å². The lowest BCUT2D eigenvalue weighted by atomic mass is 10.2. The maximum Gasteiger partial charge on any atom is 0.255 e. The van der Waals surface area contributed by atoms with Crippen LogP contribution < -0.4 is 5.32 Å². The standard InChI is InChI=1S/C17H15ClN2OS2/c1-10(2)23-12-5-3-11(4-6-12)17(21)20-14-8-7-13(18)15-16(14)22-9-19-15/h3-10H,1-2H3,(H,20,21). The van der Waals surface area contributed by atoms with E-state index in [9.17, 15) is 4.79 Å². The van der Waals surface area contributed by atoms with Crippen LogP contribution in [0.25, 0.3) is 10.2 Å². The third kappa shape index (κ3) is 3.68. The van der Waals surface area contributed by atoms with Gasteiger partial charge in [0.1, 0.15) is 5.52 Å². The summed E-state index contributed by atoms with van der Waals surface area (Å²) in [4.78, 5) is 17.8. The molecule has 3 aromatic rings. The van der Waals surface area contributed by atoms with Crippen LogP contribution in [0, 0.1) is 0 Å². The minimum absolute atomic E-state index is 0.136. The number of hydrogen-bond donors (Lipinski definition) is 1. The van der Waals surface area contributed by atoms with Gasteiger partial charge < -0.3 is 5.32 Å². The van der Waals surface area contributed by atoms with Crippen molar-refractivity contribution in [3.8, 4) is 0 Å². The van der Waals surface area contributed by atoms with Crippen molar-refractivity contribution >= 4 is 56.5 Å². The van der Waals surface area contributed by atoms with Gasteiger partial charge in [0.05, 0.1) is 20.9 Å². The molecule has 0 saturated carbocycles. The number of thiazole rings is 1. The SMILES string of the molecule is CC(C)Sc1ccc(C(=O)Nc2ccc(Cl)c3ncsc23)cc1. The maximum absolute atomic E-state index is 12.4. The van der Waals surface area contributed by atoms with Crippen molar-refractivity contribution in [1.82, 2.24) is 4.98 Å². The molecular weight excluding hydrogens is 348 g/mol. The molecule has 0 fully saturated rings. The molecule has 0 saturated heterocycles. The number of benzene rings is 2. The molecule has 2 aromatic carbocycles. The predicted molar refractivity (Wildman–Crippen MR) is 100 cm³/mol. The summed E-state index contributed by atoms with van der Waals surface area (Å²) in [5, 5.41) is 4.05. The molecule has 0 aliphatic rings. The molecule has 118 valence electrons. The van der Waals surface area contributed by atoms with E-state index in [0.717, 1.165) is 20.8 Å². The molecule has 0 aliphatic heterocycles. The Bertz CT molecular complexity index is 843. The molecule has 0 spiro atoms. The van der Waals surface area contributed by atoms with Gasteiger partial charge in [0, 0.05) is 15.7 Å². The number of thioether (sulfide) groups is 1. The van der Waals surface area contributed by atoms with Crippen molar-refractivity contribution in [1.29, 1.82) is 0 Å². The molecule has 1 heterocycles. The van der Waals surface area contributed by atoms with Gasteiger partial charge in [-0.1, -0.05) is 25.4 Å². The molecule has 0 radical (unpaired) electrons. The van der Waals surface area contributed by atoms with Gasteiger partial charge in [-0.2, -0.15) is 0 Å². The van der Waals surface area contributed by atoms with Crippen molar-refractivity contribution in [3.05, 3.63) is 52.5 Å². The quantitative estimate of drug-likeness (QED) is 0.605. The van der Waals surface area contributed by atoms with E-state index in [2.05, 4.69) is 24.1 Å². The molecule has 1 amide bonds. The first-order valence-corrected chi connectivity index (χ1v) is 9.28. The maximum atomic E-state index is 12.4. The number of hydrogen-bond acceptors (Lipinski definition) is 4. The Morgan fingerprint density at radius 3 is 2.65 bits per heavy atom. The molecular formula is C17H15ClN2OS2. The Hall–Kier alpha value is -1.56. The zero-order chi connectivity index (χ0) is 16.4. The Kier molecular flexibility index (Phi) is 4.90. The van der Waals surface area contributed by atoms with Crippen molar-refractivity contribution in [3.63, 3.8) is 0 Å². The van der Waals surface area contributed by atoms with Gasteiger partial charge in [-0.15, -0.1) is 23.1 Å². The Balaban J connectivity index is 1.80. The molecule has 0 bridgehead atoms. The van der Waals surface area contributed by atoms with E-state index in [1.54, 1.807) is 23.3 Å². The van der Waals surface area contributed by atoms with Gasteiger partial charge in [0.25, 0.3) is 5.91 Å². The molecule has 0 aliphatic carbocycles. The molecule has 23 heavy (non-hydrogen) atoms. The number of nitrogens with one attached hydrogen (secondary N) is 1. The van der Waals surface area contributed by atoms with Crippen LogP contribution in [0.4, 0.5) is 5.69 Å². The fourth-order valence-electron chi connectivity index (χ4n) is 2.17. The highest BCUT2D eigenvalue weighted by Crippen LogP contribution is 2.32. The van der Waals surface area contributed by atoms with E-state index in [0.29, 0.717) is 15.8 Å². The average Bonchev–Trinajstić information content (AvgIpc) is 3.01. The van der Waals surface area contributed by atoms with Crippen LogP contribution in [0.2, 0.25) is 5.02 Å². The largest absolute Gasteiger partial charge is 0.321 e. The van der Waals surface area contributed by atoms with Crippen LogP contribution in [0.15, 0.2) is 46.8 Å². The normalized spacial score (nSPS) is 11.1. The molecule has 3 nitrogen and oxygen atoms in total. The highest BCUT2D eigenvalue weighted by Gasteiger charge is 2.12. The minimum Gasteiger partial charge on any atom is -0.321 e. The summed E-state index contributed by atoms with van der Waals surface area (Å²) in [6.45, 7) is 4.29. The van der Waals surface area contributed by atoms with Gasteiger partial charge in [-0.3, -0.25) is 4.79 Å². The number of fused-ring (bicyclic) bond motifs is 1. The van der Waals surface area contributed by atoms with E-state index in [1.165, 1.54) is 11.3 Å². The first kappa shape index (κ1) is 16.3. The lowest BCUT2D eigenvalue weighted by Crippen LogP contribution is -2.11. The molecule has 3 rings (SSSR count). The lowest BCUT2D eigenvalue weighted by Gasteiger charge is -2.08. The molecule has 1 N–H and O–H groups in total. The third-order valence-electron chi connectivity index (χ3n) is 3.17. The second-order valence-corrected chi connectivity index (χ2v) is 8.18. The van der Waals surface area contributed by atoms with E-state index >= 15 is 0 Å². The summed E-state index contributed by atoms with van der Waals surface area (Å²) in [6, 6.07) is 11.2. The number of anilines is 1. The van der Waals surface area contributed by atoms with Gasteiger partial charge in [0.15, 0.2) is 0 Å². The zero-order valence-electron chi connectivity index (χ0n) is 12.7. The van der Waals surface area contributed by atoms with Crippen LogP contribution in [-0.2, 0) is 0 Å². The Morgan fingerprint density at radius 2 is 1.96 bits per heavy atom. The summed E-state index contributed by atoms with van der Waals surface area (Å²) >= 11 is 9.35. The molecule has 6 heteroatoms. The minimum atomic E-state index is -0.136. The lowest BCUT2D eigenvalue weighted by molar-refractivity contribution is 0.102. The third-order valence-corrected chi connectivity index (χ3v) is 5.35. The molecule has 1 aromatic heterocycles. The fourth-order valence-corrected chi connectivity index (χ4v) is 4.05. The summed E-state index contributed by atoms with van der Waals surface area (Å²) in [5.74, 6) is -0.136. The summed E-state index contributed by atoms with van der Waals surface area (Å²) in [7, 11) is 0. The van der Waals surface area contributed by atoms with E-state index < -0.39 is 0 Å². The van der Waals surface area contributed by atoms with Crippen LogP contribution in [0.1, 0.15) is 24.2 Å². The van der Waals surface area contributed by atoms with E-state index in [1.807, 2.05) is 30.3 Å². The van der Waals surface area contributed by atoms with Gasteiger partial charge in [-0.05, 0) is 36.4 Å². The molecule has 0 unspecified atom stereocenters.